The van der Waals surface area contributed by atoms with Crippen LogP contribution in [0.1, 0.15) is 18.2 Å². The van der Waals surface area contributed by atoms with Crippen LogP contribution in [0, 0.1) is 6.92 Å². The number of carbonyl (C=O) groups is 2. The van der Waals surface area contributed by atoms with E-state index in [4.69, 9.17) is 31.9 Å². The molecule has 0 radical (unpaired) electrons. The molecule has 1 unspecified atom stereocenters. The lowest BCUT2D eigenvalue weighted by Crippen LogP contribution is -2.37. The standard InChI is InChI=1S/C17H21BrN6O5S.C2HF3O2/c1-10-2-7-13(23-30(27,28)12-5-3-11(18)4-6-12)16(26)24(10)14(15(19)25)8-9-29-22-17(20)21;3-2(4,5)1(6)7/h2-7,14,23H,8-9H2,1H3,(H2,19,25)(H4,20,21,22);(H,6,7). The van der Waals surface area contributed by atoms with Gasteiger partial charge in [0.05, 0.1) is 4.90 Å². The highest BCUT2D eigenvalue weighted by atomic mass is 79.9. The highest BCUT2D eigenvalue weighted by Gasteiger charge is 2.38. The first-order valence-corrected chi connectivity index (χ1v) is 12.1. The minimum atomic E-state index is -5.08. The molecule has 1 amide bonds. The van der Waals surface area contributed by atoms with E-state index in [0.29, 0.717) is 10.2 Å². The van der Waals surface area contributed by atoms with Crippen LogP contribution >= 0.6 is 15.9 Å². The van der Waals surface area contributed by atoms with E-state index in [9.17, 15) is 31.2 Å². The van der Waals surface area contributed by atoms with Crippen LogP contribution in [-0.2, 0) is 24.4 Å². The Balaban J connectivity index is 0.000000856. The average Bonchev–Trinajstić information content (AvgIpc) is 2.77. The number of sulfonamides is 1. The van der Waals surface area contributed by atoms with E-state index >= 15 is 0 Å². The third kappa shape index (κ3) is 9.64. The van der Waals surface area contributed by atoms with Gasteiger partial charge in [-0.25, -0.2) is 13.2 Å². The third-order valence-electron chi connectivity index (χ3n) is 4.22. The smallest absolute Gasteiger partial charge is 0.475 e. The largest absolute Gasteiger partial charge is 0.490 e. The number of aryl methyl sites for hydroxylation is 1. The number of guanidine groups is 1. The van der Waals surface area contributed by atoms with Crippen LogP contribution in [0.3, 0.4) is 0 Å². The monoisotopic (exact) mass is 614 g/mol. The molecular weight excluding hydrogens is 593 g/mol. The molecular formula is C19H22BrF3N6O7S. The number of carbonyl (C=O) groups excluding carboxylic acids is 1. The Kier molecular flexibility index (Phi) is 10.9. The van der Waals surface area contributed by atoms with Crippen LogP contribution in [0.4, 0.5) is 18.9 Å². The van der Waals surface area contributed by atoms with Crippen molar-refractivity contribution in [1.29, 1.82) is 0 Å². The molecule has 0 saturated carbocycles. The lowest BCUT2D eigenvalue weighted by Gasteiger charge is -2.20. The number of nitrogens with zero attached hydrogens (tertiary/aromatic N) is 2. The summed E-state index contributed by atoms with van der Waals surface area (Å²) in [6.45, 7) is 1.48. The van der Waals surface area contributed by atoms with E-state index in [-0.39, 0.29) is 29.6 Å². The van der Waals surface area contributed by atoms with E-state index in [2.05, 4.69) is 25.8 Å². The summed E-state index contributed by atoms with van der Waals surface area (Å²) >= 11 is 3.23. The number of nitrogens with two attached hydrogens (primary N) is 3. The molecule has 204 valence electrons. The summed E-state index contributed by atoms with van der Waals surface area (Å²) in [4.78, 5) is 38.6. The normalized spacial score (nSPS) is 11.9. The zero-order valence-corrected chi connectivity index (χ0v) is 21.3. The summed E-state index contributed by atoms with van der Waals surface area (Å²) in [5.41, 5.74) is 15.2. The van der Waals surface area contributed by atoms with Gasteiger partial charge in [0, 0.05) is 16.6 Å². The van der Waals surface area contributed by atoms with Crippen LogP contribution in [0.15, 0.2) is 55.7 Å². The van der Waals surface area contributed by atoms with Gasteiger partial charge in [0.15, 0.2) is 0 Å². The van der Waals surface area contributed by atoms with Crippen molar-refractivity contribution < 1.29 is 41.1 Å². The summed E-state index contributed by atoms with van der Waals surface area (Å²) in [6.07, 6.45) is -5.10. The van der Waals surface area contributed by atoms with Gasteiger partial charge in [0.25, 0.3) is 15.6 Å². The second-order valence-corrected chi connectivity index (χ2v) is 9.58. The first kappa shape index (κ1) is 31.2. The summed E-state index contributed by atoms with van der Waals surface area (Å²) in [7, 11) is -4.03. The molecule has 1 atom stereocenters. The zero-order valence-electron chi connectivity index (χ0n) is 18.9. The number of aliphatic carboxylic acids is 1. The summed E-state index contributed by atoms with van der Waals surface area (Å²) in [6, 6.07) is 7.58. The molecule has 0 bridgehead atoms. The topological polar surface area (TPSA) is 222 Å². The fourth-order valence-corrected chi connectivity index (χ4v) is 3.93. The fraction of sp³-hybridized carbons (Fsp3) is 0.263. The second-order valence-electron chi connectivity index (χ2n) is 6.98. The van der Waals surface area contributed by atoms with E-state index in [0.717, 1.165) is 4.57 Å². The van der Waals surface area contributed by atoms with Crippen LogP contribution in [-0.4, -0.2) is 48.7 Å². The van der Waals surface area contributed by atoms with Crippen LogP contribution in [0.25, 0.3) is 0 Å². The first-order chi connectivity index (χ1) is 17.0. The number of primary amides is 1. The number of amides is 1. The number of carboxylic acid groups (broad SMARTS) is 1. The maximum absolute atomic E-state index is 13.0. The van der Waals surface area contributed by atoms with Gasteiger partial charge in [-0.1, -0.05) is 15.9 Å². The number of rotatable bonds is 9. The van der Waals surface area contributed by atoms with Crippen LogP contribution in [0.5, 0.6) is 0 Å². The molecule has 1 aromatic carbocycles. The predicted octanol–water partition coefficient (Wildman–Crippen LogP) is 0.975. The van der Waals surface area contributed by atoms with Crippen molar-refractivity contribution in [3.05, 3.63) is 56.9 Å². The number of carboxylic acids is 1. The predicted molar refractivity (Wildman–Crippen MR) is 129 cm³/mol. The molecule has 0 spiro atoms. The molecule has 2 aromatic rings. The summed E-state index contributed by atoms with van der Waals surface area (Å²) in [5.74, 6) is -3.86. The van der Waals surface area contributed by atoms with Gasteiger partial charge >= 0.3 is 12.1 Å². The average molecular weight is 615 g/mol. The van der Waals surface area contributed by atoms with Crippen molar-refractivity contribution in [3.63, 3.8) is 0 Å². The van der Waals surface area contributed by atoms with Gasteiger partial charge in [-0.15, -0.1) is 0 Å². The van der Waals surface area contributed by atoms with Gasteiger partial charge in [-0.2, -0.15) is 13.2 Å². The number of hydrogen-bond donors (Lipinski definition) is 5. The van der Waals surface area contributed by atoms with Crippen molar-refractivity contribution in [2.45, 2.75) is 30.5 Å². The maximum Gasteiger partial charge on any atom is 0.490 e. The summed E-state index contributed by atoms with van der Waals surface area (Å²) in [5, 5.41) is 10.5. The van der Waals surface area contributed by atoms with Crippen molar-refractivity contribution in [2.75, 3.05) is 11.3 Å². The number of benzene rings is 1. The quantitative estimate of drug-likeness (QED) is 0.117. The molecule has 0 saturated heterocycles. The molecule has 0 aliphatic heterocycles. The van der Waals surface area contributed by atoms with Gasteiger partial charge in [0.2, 0.25) is 11.9 Å². The van der Waals surface area contributed by atoms with Gasteiger partial charge < -0.3 is 27.1 Å². The van der Waals surface area contributed by atoms with Gasteiger partial charge in [-0.05, 0) is 48.5 Å². The number of pyridine rings is 1. The van der Waals surface area contributed by atoms with Crippen LogP contribution < -0.4 is 27.5 Å². The molecule has 0 fully saturated rings. The molecule has 1 heterocycles. The highest BCUT2D eigenvalue weighted by Crippen LogP contribution is 2.19. The summed E-state index contributed by atoms with van der Waals surface area (Å²) < 4.78 is 61.0. The number of hydrogen-bond acceptors (Lipinski definition) is 7. The van der Waals surface area contributed by atoms with Crippen molar-refractivity contribution in [3.8, 4) is 0 Å². The Hall–Kier alpha value is -3.80. The molecule has 8 N–H and O–H groups in total. The maximum atomic E-state index is 13.0. The fourth-order valence-electron chi connectivity index (χ4n) is 2.61. The Morgan fingerprint density at radius 2 is 1.70 bits per heavy atom. The van der Waals surface area contributed by atoms with E-state index in [1.165, 1.54) is 24.3 Å². The second kappa shape index (κ2) is 12.9. The highest BCUT2D eigenvalue weighted by molar-refractivity contribution is 9.10. The number of oxime groups is 1. The molecule has 0 aliphatic carbocycles. The minimum absolute atomic E-state index is 0.0181. The molecule has 1 aromatic heterocycles. The van der Waals surface area contributed by atoms with E-state index < -0.39 is 39.7 Å². The van der Waals surface area contributed by atoms with Crippen molar-refractivity contribution in [2.24, 2.45) is 22.4 Å². The molecule has 0 aliphatic rings. The molecule has 13 nitrogen and oxygen atoms in total. The lowest BCUT2D eigenvalue weighted by atomic mass is 10.1. The third-order valence-corrected chi connectivity index (χ3v) is 6.13. The van der Waals surface area contributed by atoms with Gasteiger partial charge in [0.1, 0.15) is 18.3 Å². The van der Waals surface area contributed by atoms with Gasteiger partial charge in [-0.3, -0.25) is 18.9 Å². The van der Waals surface area contributed by atoms with Crippen LogP contribution in [0.2, 0.25) is 0 Å². The van der Waals surface area contributed by atoms with Crippen molar-refractivity contribution >= 4 is 49.5 Å². The Bertz CT molecular complexity index is 1310. The minimum Gasteiger partial charge on any atom is -0.475 e. The number of anilines is 1. The molecule has 18 heteroatoms. The number of alkyl halides is 3. The Labute approximate surface area is 216 Å². The van der Waals surface area contributed by atoms with Crippen molar-refractivity contribution in [1.82, 2.24) is 4.57 Å². The Morgan fingerprint density at radius 1 is 1.16 bits per heavy atom. The molecule has 37 heavy (non-hydrogen) atoms. The number of nitrogens with one attached hydrogen (secondary N) is 1. The SMILES string of the molecule is Cc1ccc(NS(=O)(=O)c2ccc(Br)cc2)c(=O)n1C(CCON=C(N)N)C(N)=O.O=C(O)C(F)(F)F. The first-order valence-electron chi connectivity index (χ1n) is 9.78. The Morgan fingerprint density at radius 3 is 2.16 bits per heavy atom. The lowest BCUT2D eigenvalue weighted by molar-refractivity contribution is -0.192. The van der Waals surface area contributed by atoms with E-state index in [1.54, 1.807) is 19.1 Å². The molecule has 2 rings (SSSR count). The van der Waals surface area contributed by atoms with E-state index in [1.807, 2.05) is 0 Å². The number of halogens is 4. The number of aromatic nitrogens is 1. The zero-order chi connectivity index (χ0) is 28.6.